The minimum atomic E-state index is 0.189. The van der Waals surface area contributed by atoms with Crippen molar-refractivity contribution in [3.63, 3.8) is 0 Å². The average Bonchev–Trinajstić information content (AvgIpc) is 3.06. The van der Waals surface area contributed by atoms with Crippen LogP contribution in [-0.4, -0.2) is 9.97 Å². The fourth-order valence-electron chi connectivity index (χ4n) is 6.15. The Morgan fingerprint density at radius 1 is 0.537 bits per heavy atom. The Morgan fingerprint density at radius 2 is 1.17 bits per heavy atom. The topological polar surface area (TPSA) is 35.0 Å². The zero-order valence-electron chi connectivity index (χ0n) is 22.3. The summed E-state index contributed by atoms with van der Waals surface area (Å²) in [6.45, 7) is 0. The first kappa shape index (κ1) is 23.6. The third kappa shape index (κ3) is 4.14. The molecule has 3 heteroatoms. The van der Waals surface area contributed by atoms with E-state index in [1.54, 1.807) is 0 Å². The van der Waals surface area contributed by atoms with Gasteiger partial charge in [-0.2, -0.15) is 0 Å². The Hall–Kier alpha value is -5.28. The number of aromatic nitrogens is 2. The van der Waals surface area contributed by atoms with Gasteiger partial charge in [0.15, 0.2) is 5.82 Å². The van der Waals surface area contributed by atoms with Crippen LogP contribution in [0, 0.1) is 11.8 Å². The van der Waals surface area contributed by atoms with E-state index in [2.05, 4.69) is 103 Å². The minimum absolute atomic E-state index is 0.189. The van der Waals surface area contributed by atoms with Gasteiger partial charge in [-0.25, -0.2) is 9.97 Å². The lowest BCUT2D eigenvalue weighted by atomic mass is 9.69. The molecule has 1 aromatic heterocycles. The molecule has 0 amide bonds. The van der Waals surface area contributed by atoms with Crippen LogP contribution in [0.5, 0.6) is 5.75 Å². The molecule has 41 heavy (non-hydrogen) atoms. The zero-order valence-corrected chi connectivity index (χ0v) is 22.3. The minimum Gasteiger partial charge on any atom is -0.460 e. The molecule has 2 atom stereocenters. The molecule has 2 aliphatic carbocycles. The van der Waals surface area contributed by atoms with Gasteiger partial charge in [0.25, 0.3) is 0 Å². The zero-order chi connectivity index (χ0) is 27.2. The number of rotatable bonds is 4. The van der Waals surface area contributed by atoms with Gasteiger partial charge in [-0.1, -0.05) is 127 Å². The van der Waals surface area contributed by atoms with Crippen molar-refractivity contribution in [2.45, 2.75) is 0 Å². The smallest absolute Gasteiger partial charge is 0.160 e. The van der Waals surface area contributed by atoms with E-state index < -0.39 is 0 Å². The van der Waals surface area contributed by atoms with Crippen LogP contribution in [0.4, 0.5) is 0 Å². The van der Waals surface area contributed by atoms with Gasteiger partial charge in [-0.15, -0.1) is 0 Å². The van der Waals surface area contributed by atoms with Gasteiger partial charge in [0, 0.05) is 28.2 Å². The van der Waals surface area contributed by atoms with Gasteiger partial charge in [-0.3, -0.25) is 0 Å². The van der Waals surface area contributed by atoms with Crippen molar-refractivity contribution in [1.29, 1.82) is 0 Å². The molecule has 0 N–H and O–H groups in total. The van der Waals surface area contributed by atoms with Crippen LogP contribution in [-0.2, 0) is 0 Å². The van der Waals surface area contributed by atoms with Crippen molar-refractivity contribution in [3.05, 3.63) is 163 Å². The van der Waals surface area contributed by atoms with E-state index >= 15 is 0 Å². The first-order chi connectivity index (χ1) is 20.3. The molecule has 0 fully saturated rings. The van der Waals surface area contributed by atoms with Gasteiger partial charge >= 0.3 is 0 Å². The van der Waals surface area contributed by atoms with Gasteiger partial charge in [-0.05, 0) is 34.9 Å². The molecule has 5 aromatic rings. The summed E-state index contributed by atoms with van der Waals surface area (Å²) in [5, 5.41) is 0. The van der Waals surface area contributed by atoms with Crippen molar-refractivity contribution in [1.82, 2.24) is 9.97 Å². The van der Waals surface area contributed by atoms with Crippen molar-refractivity contribution in [2.75, 3.05) is 0 Å². The van der Waals surface area contributed by atoms with Crippen LogP contribution < -0.4 is 4.74 Å². The molecule has 4 aromatic carbocycles. The molecule has 0 spiro atoms. The van der Waals surface area contributed by atoms with Crippen LogP contribution in [0.2, 0.25) is 0 Å². The monoisotopic (exact) mass is 526 g/mol. The van der Waals surface area contributed by atoms with Crippen molar-refractivity contribution < 1.29 is 4.74 Å². The summed E-state index contributed by atoms with van der Waals surface area (Å²) < 4.78 is 6.35. The molecule has 1 aliphatic heterocycles. The van der Waals surface area contributed by atoms with E-state index in [9.17, 15) is 0 Å². The highest BCUT2D eigenvalue weighted by atomic mass is 16.5. The first-order valence-electron chi connectivity index (χ1n) is 14.0. The fourth-order valence-corrected chi connectivity index (χ4v) is 6.15. The number of benzene rings is 4. The second-order valence-corrected chi connectivity index (χ2v) is 10.6. The van der Waals surface area contributed by atoms with Crippen LogP contribution in [0.15, 0.2) is 151 Å². The number of allylic oxidation sites excluding steroid dienone is 7. The van der Waals surface area contributed by atoms with Crippen LogP contribution in [0.25, 0.3) is 45.0 Å². The number of nitrogens with zero attached hydrogens (tertiary/aromatic N) is 2. The average molecular weight is 527 g/mol. The molecular formula is C38H26N2O. The molecule has 3 aliphatic rings. The lowest BCUT2D eigenvalue weighted by molar-refractivity contribution is 0.343. The van der Waals surface area contributed by atoms with Crippen LogP contribution in [0.3, 0.4) is 0 Å². The molecule has 0 bridgehead atoms. The Labute approximate surface area is 239 Å². The Bertz CT molecular complexity index is 1840. The third-order valence-electron chi connectivity index (χ3n) is 8.15. The maximum Gasteiger partial charge on any atom is 0.160 e. The van der Waals surface area contributed by atoms with Gasteiger partial charge < -0.3 is 4.74 Å². The summed E-state index contributed by atoms with van der Waals surface area (Å²) in [6, 6.07) is 39.7. The molecule has 194 valence electrons. The van der Waals surface area contributed by atoms with E-state index in [0.717, 1.165) is 45.4 Å². The molecule has 0 saturated heterocycles. The number of fused-ring (bicyclic) bond motifs is 2. The maximum atomic E-state index is 6.35. The van der Waals surface area contributed by atoms with Crippen LogP contribution in [0.1, 0.15) is 11.1 Å². The Kier molecular flexibility index (Phi) is 5.60. The van der Waals surface area contributed by atoms with Gasteiger partial charge in [0.2, 0.25) is 0 Å². The fraction of sp³-hybridized carbons (Fsp3) is 0.0526. The predicted molar refractivity (Wildman–Crippen MR) is 166 cm³/mol. The van der Waals surface area contributed by atoms with E-state index in [1.165, 1.54) is 22.3 Å². The summed E-state index contributed by atoms with van der Waals surface area (Å²) >= 11 is 0. The molecule has 0 saturated carbocycles. The third-order valence-corrected chi connectivity index (χ3v) is 8.15. The first-order valence-corrected chi connectivity index (χ1v) is 14.0. The summed E-state index contributed by atoms with van der Waals surface area (Å²) in [4.78, 5) is 9.99. The lowest BCUT2D eigenvalue weighted by Gasteiger charge is -2.39. The normalized spacial score (nSPS) is 18.3. The Balaban J connectivity index is 1.17. The Morgan fingerprint density at radius 3 is 1.88 bits per heavy atom. The SMILES string of the molecule is C1=CC2C(c3ccc(-c4nc(-c5ccccc5)cc(-c5ccccc5)n4)cc3)=CC=C3Oc4ccccc4C(=C1)C32. The highest BCUT2D eigenvalue weighted by Gasteiger charge is 2.39. The van der Waals surface area contributed by atoms with Crippen molar-refractivity contribution >= 4 is 11.1 Å². The number of ether oxygens (including phenoxy) is 1. The molecule has 2 heterocycles. The molecule has 8 rings (SSSR count). The molecule has 2 unspecified atom stereocenters. The quantitative estimate of drug-likeness (QED) is 0.234. The standard InChI is InChI=1S/C38H26N2O/c1-3-10-26(11-4-1)33-24-34(27-12-5-2-6-13-27)40-38(39-33)28-20-18-25(19-21-28)29-22-23-36-37-31(29)15-9-16-32(37)30-14-7-8-17-35(30)41-36/h1-24,31,37H. The highest BCUT2D eigenvalue weighted by Crippen LogP contribution is 2.51. The number of hydrogen-bond acceptors (Lipinski definition) is 3. The molecule has 0 radical (unpaired) electrons. The molecular weight excluding hydrogens is 500 g/mol. The second kappa shape index (κ2) is 9.72. The predicted octanol–water partition coefficient (Wildman–Crippen LogP) is 9.04. The van der Waals surface area contributed by atoms with E-state index in [1.807, 2.05) is 42.5 Å². The van der Waals surface area contributed by atoms with Crippen LogP contribution >= 0.6 is 0 Å². The van der Waals surface area contributed by atoms with E-state index in [4.69, 9.17) is 14.7 Å². The van der Waals surface area contributed by atoms with E-state index in [0.29, 0.717) is 0 Å². The second-order valence-electron chi connectivity index (χ2n) is 10.6. The van der Waals surface area contributed by atoms with Gasteiger partial charge in [0.1, 0.15) is 11.5 Å². The summed E-state index contributed by atoms with van der Waals surface area (Å²) in [5.41, 5.74) is 9.96. The number of hydrogen-bond donors (Lipinski definition) is 0. The molecule has 3 nitrogen and oxygen atoms in total. The van der Waals surface area contributed by atoms with Gasteiger partial charge in [0.05, 0.1) is 17.3 Å². The van der Waals surface area contributed by atoms with Crippen molar-refractivity contribution in [2.24, 2.45) is 11.8 Å². The highest BCUT2D eigenvalue weighted by molar-refractivity contribution is 5.85. The summed E-state index contributed by atoms with van der Waals surface area (Å²) in [5.74, 6) is 3.08. The van der Waals surface area contributed by atoms with Crippen molar-refractivity contribution in [3.8, 4) is 39.7 Å². The lowest BCUT2D eigenvalue weighted by Crippen LogP contribution is -2.28. The van der Waals surface area contributed by atoms with E-state index in [-0.39, 0.29) is 11.8 Å². The summed E-state index contributed by atoms with van der Waals surface area (Å²) in [6.07, 6.45) is 11.1. The maximum absolute atomic E-state index is 6.35. The largest absolute Gasteiger partial charge is 0.460 e. The number of para-hydroxylation sites is 1. The summed E-state index contributed by atoms with van der Waals surface area (Å²) in [7, 11) is 0.